The van der Waals surface area contributed by atoms with Gasteiger partial charge >= 0.3 is 19.3 Å². The van der Waals surface area contributed by atoms with Crippen molar-refractivity contribution in [3.05, 3.63) is 10.1 Å². The molecule has 6 heteroatoms. The summed E-state index contributed by atoms with van der Waals surface area (Å²) in [5.41, 5.74) is 0. The van der Waals surface area contributed by atoms with Crippen molar-refractivity contribution >= 4 is 0 Å². The summed E-state index contributed by atoms with van der Waals surface area (Å²) < 4.78 is 7.88. The Labute approximate surface area is 40.6 Å². The van der Waals surface area contributed by atoms with E-state index in [0.717, 1.165) is 0 Å². The van der Waals surface area contributed by atoms with Crippen LogP contribution in [0, 0.1) is 10.1 Å². The molecule has 0 aliphatic heterocycles. The molecule has 0 unspecified atom stereocenters. The average molecular weight is 138 g/mol. The summed E-state index contributed by atoms with van der Waals surface area (Å²) >= 11 is 2.62. The van der Waals surface area contributed by atoms with Crippen LogP contribution >= 0.6 is 0 Å². The molecule has 0 atom stereocenters. The van der Waals surface area contributed by atoms with Crippen molar-refractivity contribution in [2.24, 2.45) is 0 Å². The second kappa shape index (κ2) is 8.82. The minimum absolute atomic E-state index is 1.50. The topological polar surface area (TPSA) is 80.4 Å². The van der Waals surface area contributed by atoms with E-state index in [2.05, 4.69) is 15.4 Å². The fourth-order valence-corrected chi connectivity index (χ4v) is 0. The standard InChI is InChI=1S/HNO3.Ni.O/c2-1(3)4;;/h(H,2,3,4);;. The molecular weight excluding hydrogens is 137 g/mol. The van der Waals surface area contributed by atoms with Gasteiger partial charge in [-0.05, 0) is 0 Å². The second-order valence-corrected chi connectivity index (χ2v) is 0.238. The molecule has 1 N–H and O–H groups in total. The van der Waals surface area contributed by atoms with Gasteiger partial charge in [-0.15, -0.1) is 10.1 Å². The molecule has 0 aromatic heterocycles. The third kappa shape index (κ3) is 84.7. The van der Waals surface area contributed by atoms with E-state index in [0.29, 0.717) is 0 Å². The Morgan fingerprint density at radius 3 is 1.67 bits per heavy atom. The van der Waals surface area contributed by atoms with Crippen LogP contribution in [0.15, 0.2) is 0 Å². The maximum atomic E-state index is 8.36. The van der Waals surface area contributed by atoms with Gasteiger partial charge in [0, 0.05) is 0 Å². The molecule has 0 saturated heterocycles. The number of rotatable bonds is 0. The van der Waals surface area contributed by atoms with Gasteiger partial charge in [-0.2, -0.15) is 0 Å². The van der Waals surface area contributed by atoms with Gasteiger partial charge in [0.15, 0.2) is 0 Å². The van der Waals surface area contributed by atoms with Crippen molar-refractivity contribution in [1.82, 2.24) is 0 Å². The molecule has 0 radical (unpaired) electrons. The van der Waals surface area contributed by atoms with Gasteiger partial charge < -0.3 is 5.21 Å². The van der Waals surface area contributed by atoms with Crippen molar-refractivity contribution in [1.29, 1.82) is 0 Å². The van der Waals surface area contributed by atoms with Crippen molar-refractivity contribution in [3.8, 4) is 0 Å². The van der Waals surface area contributed by atoms with E-state index in [1.165, 1.54) is 0 Å². The molecule has 0 aliphatic rings. The second-order valence-electron chi connectivity index (χ2n) is 0.238. The zero-order chi connectivity index (χ0) is 5.58. The molecule has 6 heavy (non-hydrogen) atoms. The summed E-state index contributed by atoms with van der Waals surface area (Å²) in [7, 11) is 0. The first-order valence-corrected chi connectivity index (χ1v) is 1.10. The maximum absolute atomic E-state index is 8.36. The fraction of sp³-hybridized carbons (Fsp3) is 0. The number of nitrogens with zero attached hydrogens (tertiary/aromatic N) is 1. The number of hydrogen-bond donors (Lipinski definition) is 1. The molecule has 0 amide bonds. The monoisotopic (exact) mass is 137 g/mol. The third-order valence-corrected chi connectivity index (χ3v) is 0. The van der Waals surface area contributed by atoms with Crippen LogP contribution in [-0.2, 0) is 19.3 Å². The van der Waals surface area contributed by atoms with Crippen LogP contribution < -0.4 is 0 Å². The predicted octanol–water partition coefficient (Wildman–Crippen LogP) is -0.469. The average Bonchev–Trinajstić information content (AvgIpc) is 1.41. The van der Waals surface area contributed by atoms with E-state index in [1.807, 2.05) is 0 Å². The van der Waals surface area contributed by atoms with Gasteiger partial charge in [0.2, 0.25) is 0 Å². The molecule has 0 aromatic rings. The first-order chi connectivity index (χ1) is 2.73. The fourth-order valence-electron chi connectivity index (χ4n) is 0. The SMILES string of the molecule is O=[N+]([O-])O.[O]=[Ni]. The summed E-state index contributed by atoms with van der Waals surface area (Å²) in [4.78, 5) is 8.36. The van der Waals surface area contributed by atoms with E-state index in [1.54, 1.807) is 0 Å². The Balaban J connectivity index is 0. The van der Waals surface area contributed by atoms with E-state index in [4.69, 9.17) is 19.2 Å². The Hall–Kier alpha value is -0.506. The van der Waals surface area contributed by atoms with Crippen LogP contribution in [0.5, 0.6) is 0 Å². The Kier molecular flexibility index (Phi) is 13.4. The first-order valence-electron chi connectivity index (χ1n) is 0.694. The molecule has 5 nitrogen and oxygen atoms in total. The zero-order valence-electron chi connectivity index (χ0n) is 2.44. The minimum atomic E-state index is -1.50. The molecule has 0 spiro atoms. The van der Waals surface area contributed by atoms with Crippen molar-refractivity contribution in [3.63, 3.8) is 0 Å². The van der Waals surface area contributed by atoms with Gasteiger partial charge in [-0.1, -0.05) is 0 Å². The normalized spacial score (nSPS) is 5.00. The Bertz CT molecular complexity index is 38.8. The van der Waals surface area contributed by atoms with Gasteiger partial charge in [0.1, 0.15) is 0 Å². The van der Waals surface area contributed by atoms with Crippen molar-refractivity contribution in [2.45, 2.75) is 0 Å². The van der Waals surface area contributed by atoms with E-state index >= 15 is 0 Å². The number of hydrogen-bond acceptors (Lipinski definition) is 3. The van der Waals surface area contributed by atoms with E-state index < -0.39 is 5.09 Å². The molecule has 0 fully saturated rings. The molecule has 0 bridgehead atoms. The van der Waals surface area contributed by atoms with Crippen molar-refractivity contribution < 1.29 is 29.6 Å². The van der Waals surface area contributed by atoms with Crippen LogP contribution in [0.2, 0.25) is 0 Å². The van der Waals surface area contributed by atoms with Gasteiger partial charge in [-0.3, -0.25) is 0 Å². The third-order valence-electron chi connectivity index (χ3n) is 0. The van der Waals surface area contributed by atoms with E-state index in [-0.39, 0.29) is 0 Å². The summed E-state index contributed by atoms with van der Waals surface area (Å²) in [5.74, 6) is 0. The van der Waals surface area contributed by atoms with Crippen LogP contribution in [0.3, 0.4) is 0 Å². The summed E-state index contributed by atoms with van der Waals surface area (Å²) in [6, 6.07) is 0. The zero-order valence-corrected chi connectivity index (χ0v) is 3.42. The van der Waals surface area contributed by atoms with Gasteiger partial charge in [0.25, 0.3) is 5.09 Å². The van der Waals surface area contributed by atoms with Gasteiger partial charge in [-0.25, -0.2) is 0 Å². The molecule has 40 valence electrons. The van der Waals surface area contributed by atoms with E-state index in [9.17, 15) is 0 Å². The van der Waals surface area contributed by atoms with Crippen LogP contribution in [0.25, 0.3) is 0 Å². The van der Waals surface area contributed by atoms with Crippen LogP contribution in [-0.4, -0.2) is 10.3 Å². The molecule has 0 aromatic carbocycles. The quantitative estimate of drug-likeness (QED) is 0.278. The molecular formula is HNNiO4. The Morgan fingerprint density at radius 2 is 1.67 bits per heavy atom. The molecule has 0 saturated carbocycles. The Morgan fingerprint density at radius 1 is 1.67 bits per heavy atom. The predicted molar refractivity (Wildman–Crippen MR) is 9.47 cm³/mol. The van der Waals surface area contributed by atoms with Gasteiger partial charge in [0.05, 0.1) is 0 Å². The summed E-state index contributed by atoms with van der Waals surface area (Å²) in [6.07, 6.45) is 0. The van der Waals surface area contributed by atoms with Crippen LogP contribution in [0.1, 0.15) is 0 Å². The molecule has 0 aliphatic carbocycles. The molecule has 0 rings (SSSR count). The molecule has 0 heterocycles. The first kappa shape index (κ1) is 9.09. The summed E-state index contributed by atoms with van der Waals surface area (Å²) in [5, 5.41) is 13.6. The van der Waals surface area contributed by atoms with Crippen LogP contribution in [0.4, 0.5) is 0 Å². The van der Waals surface area contributed by atoms with Crippen molar-refractivity contribution in [2.75, 3.05) is 0 Å². The summed E-state index contributed by atoms with van der Waals surface area (Å²) in [6.45, 7) is 0.